The highest BCUT2D eigenvalue weighted by Gasteiger charge is 2.42. The summed E-state index contributed by atoms with van der Waals surface area (Å²) in [5.74, 6) is 2.35. The summed E-state index contributed by atoms with van der Waals surface area (Å²) < 4.78 is 19.2. The maximum absolute atomic E-state index is 14.0. The molecule has 6 rings (SSSR count). The highest BCUT2D eigenvalue weighted by Crippen LogP contribution is 2.40. The summed E-state index contributed by atoms with van der Waals surface area (Å²) in [5.41, 5.74) is 7.56. The van der Waals surface area contributed by atoms with Crippen LogP contribution in [0, 0.1) is 20.8 Å². The highest BCUT2D eigenvalue weighted by atomic mass is 16.5. The average molecular weight is 668 g/mol. The van der Waals surface area contributed by atoms with Crippen molar-refractivity contribution in [1.29, 1.82) is 0 Å². The fraction of sp³-hybridized carbons (Fsp3) is 0.500. The van der Waals surface area contributed by atoms with E-state index in [1.165, 1.54) is 16.7 Å². The number of hydrogen-bond acceptors (Lipinski definition) is 7. The number of anilines is 1. The zero-order valence-corrected chi connectivity index (χ0v) is 30.3. The van der Waals surface area contributed by atoms with Crippen molar-refractivity contribution in [3.8, 4) is 11.5 Å². The second kappa shape index (κ2) is 15.2. The first kappa shape index (κ1) is 34.8. The zero-order valence-electron chi connectivity index (χ0n) is 30.3. The van der Waals surface area contributed by atoms with Gasteiger partial charge in [0.05, 0.1) is 31.9 Å². The van der Waals surface area contributed by atoms with Gasteiger partial charge < -0.3 is 33.5 Å². The monoisotopic (exact) mass is 667 g/mol. The van der Waals surface area contributed by atoms with Crippen molar-refractivity contribution in [2.75, 3.05) is 78.1 Å². The van der Waals surface area contributed by atoms with Gasteiger partial charge in [-0.3, -0.25) is 4.79 Å². The molecule has 1 aromatic heterocycles. The van der Waals surface area contributed by atoms with Crippen LogP contribution in [0.3, 0.4) is 0 Å². The van der Waals surface area contributed by atoms with E-state index < -0.39 is 0 Å². The molecule has 1 unspecified atom stereocenters. The lowest BCUT2D eigenvalue weighted by Crippen LogP contribution is -2.39. The Bertz CT molecular complexity index is 1770. The molecule has 2 aliphatic rings. The number of imidazole rings is 1. The van der Waals surface area contributed by atoms with Crippen LogP contribution in [-0.2, 0) is 16.7 Å². The molecule has 0 aliphatic carbocycles. The van der Waals surface area contributed by atoms with Crippen molar-refractivity contribution in [2.45, 2.75) is 58.9 Å². The maximum atomic E-state index is 14.0. The molecule has 3 aromatic carbocycles. The third kappa shape index (κ3) is 7.29. The highest BCUT2D eigenvalue weighted by molar-refractivity contribution is 5.95. The van der Waals surface area contributed by atoms with Crippen LogP contribution in [0.4, 0.5) is 5.95 Å². The number of aromatic nitrogens is 2. The third-order valence-electron chi connectivity index (χ3n) is 10.7. The van der Waals surface area contributed by atoms with E-state index in [0.717, 1.165) is 87.6 Å². The Morgan fingerprint density at radius 3 is 2.49 bits per heavy atom. The largest absolute Gasteiger partial charge is 0.493 e. The van der Waals surface area contributed by atoms with Crippen LogP contribution in [0.15, 0.2) is 54.6 Å². The fourth-order valence-corrected chi connectivity index (χ4v) is 7.75. The molecule has 262 valence electrons. The zero-order chi connectivity index (χ0) is 34.5. The topological polar surface area (TPSA) is 72.3 Å². The molecule has 2 aliphatic heterocycles. The standard InChI is InChI=1S/C40H53N5O4/c1-7-49-24-23-45-35-12-9-8-11-34(35)41-39(45)43-18-10-17-42(21-22-43)19-15-40(33-14-13-29(2)30(3)26-33)16-20-44(28-40)38(46)32-25-31(4)37(48-6)36(27-32)47-5/h8-9,11-14,25-27H,7,10,15-24,28H2,1-6H3. The van der Waals surface area contributed by atoms with Crippen LogP contribution in [0.1, 0.15) is 58.8 Å². The van der Waals surface area contributed by atoms with Gasteiger partial charge >= 0.3 is 0 Å². The van der Waals surface area contributed by atoms with Crippen molar-refractivity contribution in [3.05, 3.63) is 82.4 Å². The minimum absolute atomic E-state index is 0.0485. The number of hydrogen-bond donors (Lipinski definition) is 0. The number of carbonyl (C=O) groups is 1. The first-order valence-electron chi connectivity index (χ1n) is 17.9. The summed E-state index contributed by atoms with van der Waals surface area (Å²) in [6.45, 7) is 16.9. The quantitative estimate of drug-likeness (QED) is 0.162. The molecule has 4 aromatic rings. The predicted molar refractivity (Wildman–Crippen MR) is 197 cm³/mol. The van der Waals surface area contributed by atoms with E-state index in [-0.39, 0.29) is 11.3 Å². The molecule has 2 saturated heterocycles. The number of para-hydroxylation sites is 2. The number of likely N-dealkylation sites (tertiary alicyclic amines) is 1. The molecule has 9 nitrogen and oxygen atoms in total. The van der Waals surface area contributed by atoms with Gasteiger partial charge in [-0.05, 0) is 107 Å². The Balaban J connectivity index is 1.19. The minimum Gasteiger partial charge on any atom is -0.493 e. The molecule has 0 spiro atoms. The molecular weight excluding hydrogens is 614 g/mol. The summed E-state index contributed by atoms with van der Waals surface area (Å²) in [4.78, 5) is 26.2. The smallest absolute Gasteiger partial charge is 0.254 e. The van der Waals surface area contributed by atoms with E-state index in [4.69, 9.17) is 19.2 Å². The Hall–Kier alpha value is -4.08. The molecule has 0 radical (unpaired) electrons. The van der Waals surface area contributed by atoms with Gasteiger partial charge in [-0.15, -0.1) is 0 Å². The summed E-state index contributed by atoms with van der Waals surface area (Å²) in [5, 5.41) is 0. The van der Waals surface area contributed by atoms with Crippen molar-refractivity contribution in [2.24, 2.45) is 0 Å². The molecule has 49 heavy (non-hydrogen) atoms. The summed E-state index contributed by atoms with van der Waals surface area (Å²) in [7, 11) is 3.25. The number of aryl methyl sites for hydroxylation is 3. The van der Waals surface area contributed by atoms with Crippen LogP contribution in [0.2, 0.25) is 0 Å². The Morgan fingerprint density at radius 2 is 1.71 bits per heavy atom. The summed E-state index contributed by atoms with van der Waals surface area (Å²) >= 11 is 0. The van der Waals surface area contributed by atoms with Gasteiger partial charge in [-0.2, -0.15) is 0 Å². The second-order valence-electron chi connectivity index (χ2n) is 13.8. The van der Waals surface area contributed by atoms with Crippen molar-refractivity contribution >= 4 is 22.9 Å². The average Bonchev–Trinajstić information content (AvgIpc) is 3.63. The van der Waals surface area contributed by atoms with Gasteiger partial charge in [0, 0.05) is 56.9 Å². The lowest BCUT2D eigenvalue weighted by Gasteiger charge is -2.33. The van der Waals surface area contributed by atoms with Crippen molar-refractivity contribution in [3.63, 3.8) is 0 Å². The Kier molecular flexibility index (Phi) is 10.8. The second-order valence-corrected chi connectivity index (χ2v) is 13.8. The molecule has 1 amide bonds. The molecule has 1 atom stereocenters. The number of carbonyl (C=O) groups excluding carboxylic acids is 1. The van der Waals surface area contributed by atoms with Crippen LogP contribution in [-0.4, -0.2) is 98.5 Å². The SMILES string of the molecule is CCOCCn1c(N2CCCN(CCC3(c4ccc(C)c(C)c4)CCN(C(=O)c4cc(C)c(OC)c(OC)c4)C3)CC2)nc2ccccc21. The van der Waals surface area contributed by atoms with Crippen molar-refractivity contribution < 1.29 is 19.0 Å². The van der Waals surface area contributed by atoms with Gasteiger partial charge in [0.15, 0.2) is 11.5 Å². The van der Waals surface area contributed by atoms with E-state index in [1.54, 1.807) is 14.2 Å². The van der Waals surface area contributed by atoms with Gasteiger partial charge in [0.2, 0.25) is 5.95 Å². The van der Waals surface area contributed by atoms with Gasteiger partial charge in [0.1, 0.15) is 0 Å². The van der Waals surface area contributed by atoms with E-state index in [9.17, 15) is 4.79 Å². The van der Waals surface area contributed by atoms with E-state index >= 15 is 0 Å². The number of methoxy groups -OCH3 is 2. The van der Waals surface area contributed by atoms with Crippen LogP contribution >= 0.6 is 0 Å². The van der Waals surface area contributed by atoms with E-state index in [0.29, 0.717) is 36.8 Å². The summed E-state index contributed by atoms with van der Waals surface area (Å²) in [6, 6.07) is 19.1. The maximum Gasteiger partial charge on any atom is 0.254 e. The van der Waals surface area contributed by atoms with Gasteiger partial charge in [-0.25, -0.2) is 4.98 Å². The lowest BCUT2D eigenvalue weighted by molar-refractivity contribution is 0.0780. The van der Waals surface area contributed by atoms with Gasteiger partial charge in [0.25, 0.3) is 5.91 Å². The van der Waals surface area contributed by atoms with Crippen LogP contribution < -0.4 is 14.4 Å². The van der Waals surface area contributed by atoms with Crippen LogP contribution in [0.25, 0.3) is 11.0 Å². The third-order valence-corrected chi connectivity index (χ3v) is 10.7. The number of benzene rings is 3. The summed E-state index contributed by atoms with van der Waals surface area (Å²) in [6.07, 6.45) is 3.02. The van der Waals surface area contributed by atoms with Crippen molar-refractivity contribution in [1.82, 2.24) is 19.4 Å². The molecule has 0 saturated carbocycles. The normalized spacial score (nSPS) is 18.7. The molecule has 0 N–H and O–H groups in total. The minimum atomic E-state index is -0.112. The molecule has 0 bridgehead atoms. The first-order valence-corrected chi connectivity index (χ1v) is 17.9. The van der Waals surface area contributed by atoms with E-state index in [1.807, 2.05) is 30.9 Å². The number of fused-ring (bicyclic) bond motifs is 1. The molecule has 2 fully saturated rings. The Labute approximate surface area is 291 Å². The fourth-order valence-electron chi connectivity index (χ4n) is 7.75. The number of amides is 1. The lowest BCUT2D eigenvalue weighted by atomic mass is 9.76. The molecule has 3 heterocycles. The van der Waals surface area contributed by atoms with E-state index in [2.05, 4.69) is 70.7 Å². The molecule has 9 heteroatoms. The Morgan fingerprint density at radius 1 is 0.878 bits per heavy atom. The molecular formula is C40H53N5O4. The van der Waals surface area contributed by atoms with Crippen LogP contribution in [0.5, 0.6) is 11.5 Å². The number of nitrogens with zero attached hydrogens (tertiary/aromatic N) is 5. The predicted octanol–water partition coefficient (Wildman–Crippen LogP) is 6.40. The number of rotatable bonds is 12. The first-order chi connectivity index (χ1) is 23.8. The van der Waals surface area contributed by atoms with Gasteiger partial charge in [-0.1, -0.05) is 30.3 Å². The number of ether oxygens (including phenoxy) is 3.